The van der Waals surface area contributed by atoms with Gasteiger partial charge in [0.1, 0.15) is 0 Å². The molecule has 0 saturated carbocycles. The predicted octanol–water partition coefficient (Wildman–Crippen LogP) is 2.27. The summed E-state index contributed by atoms with van der Waals surface area (Å²) in [6.45, 7) is 11.4. The fourth-order valence-corrected chi connectivity index (χ4v) is 2.66. The van der Waals surface area contributed by atoms with Gasteiger partial charge in [-0.3, -0.25) is 4.79 Å². The van der Waals surface area contributed by atoms with Crippen molar-refractivity contribution in [1.29, 1.82) is 0 Å². The van der Waals surface area contributed by atoms with E-state index in [0.717, 1.165) is 38.9 Å². The Morgan fingerprint density at radius 3 is 2.65 bits per heavy atom. The van der Waals surface area contributed by atoms with Gasteiger partial charge in [0.25, 0.3) is 0 Å². The van der Waals surface area contributed by atoms with E-state index in [1.807, 2.05) is 6.92 Å². The molecule has 0 aromatic rings. The minimum Gasteiger partial charge on any atom is -0.342 e. The predicted molar refractivity (Wildman–Crippen MR) is 71.9 cm³/mol. The maximum absolute atomic E-state index is 12.2. The summed E-state index contributed by atoms with van der Waals surface area (Å²) in [5, 5.41) is 3.55. The zero-order valence-corrected chi connectivity index (χ0v) is 11.8. The van der Waals surface area contributed by atoms with E-state index in [9.17, 15) is 4.79 Å². The van der Waals surface area contributed by atoms with Gasteiger partial charge in [0.15, 0.2) is 0 Å². The van der Waals surface area contributed by atoms with Crippen molar-refractivity contribution in [2.75, 3.05) is 19.6 Å². The lowest BCUT2D eigenvalue weighted by molar-refractivity contribution is -0.137. The number of hydrogen-bond donors (Lipinski definition) is 1. The van der Waals surface area contributed by atoms with Gasteiger partial charge < -0.3 is 10.2 Å². The molecule has 1 rings (SSSR count). The van der Waals surface area contributed by atoms with Crippen molar-refractivity contribution >= 4 is 5.91 Å². The Morgan fingerprint density at radius 1 is 1.41 bits per heavy atom. The molecule has 1 aliphatic heterocycles. The molecule has 0 radical (unpaired) electrons. The van der Waals surface area contributed by atoms with Crippen molar-refractivity contribution in [2.24, 2.45) is 11.8 Å². The molecular weight excluding hydrogens is 212 g/mol. The molecule has 1 saturated heterocycles. The topological polar surface area (TPSA) is 32.3 Å². The van der Waals surface area contributed by atoms with E-state index in [4.69, 9.17) is 0 Å². The second-order valence-corrected chi connectivity index (χ2v) is 5.21. The van der Waals surface area contributed by atoms with Crippen LogP contribution >= 0.6 is 0 Å². The van der Waals surface area contributed by atoms with Crippen LogP contribution in [0.4, 0.5) is 0 Å². The Kier molecular flexibility index (Phi) is 5.96. The summed E-state index contributed by atoms with van der Waals surface area (Å²) in [5.74, 6) is 1.15. The number of carbonyl (C=O) groups is 1. The van der Waals surface area contributed by atoms with Gasteiger partial charge in [-0.05, 0) is 25.3 Å². The second kappa shape index (κ2) is 7.00. The summed E-state index contributed by atoms with van der Waals surface area (Å²) in [6.07, 6.45) is 3.21. The van der Waals surface area contributed by atoms with E-state index in [1.165, 1.54) is 0 Å². The Labute approximate surface area is 106 Å². The van der Waals surface area contributed by atoms with E-state index >= 15 is 0 Å². The summed E-state index contributed by atoms with van der Waals surface area (Å²) >= 11 is 0. The highest BCUT2D eigenvalue weighted by Crippen LogP contribution is 2.22. The monoisotopic (exact) mass is 240 g/mol. The van der Waals surface area contributed by atoms with Crippen molar-refractivity contribution in [3.63, 3.8) is 0 Å². The van der Waals surface area contributed by atoms with Crippen LogP contribution in [-0.4, -0.2) is 36.5 Å². The normalized spacial score (nSPS) is 26.9. The van der Waals surface area contributed by atoms with Gasteiger partial charge in [-0.1, -0.05) is 34.1 Å². The van der Waals surface area contributed by atoms with Gasteiger partial charge >= 0.3 is 0 Å². The van der Waals surface area contributed by atoms with Crippen LogP contribution in [0.1, 0.15) is 47.0 Å². The summed E-state index contributed by atoms with van der Waals surface area (Å²) in [7, 11) is 0. The van der Waals surface area contributed by atoms with Gasteiger partial charge in [0, 0.05) is 25.0 Å². The highest BCUT2D eigenvalue weighted by molar-refractivity contribution is 5.78. The van der Waals surface area contributed by atoms with E-state index in [0.29, 0.717) is 17.9 Å². The minimum absolute atomic E-state index is 0.184. The van der Waals surface area contributed by atoms with Crippen LogP contribution in [0.2, 0.25) is 0 Å². The average Bonchev–Trinajstić information content (AvgIpc) is 2.37. The lowest BCUT2D eigenvalue weighted by atomic mass is 9.89. The molecule has 0 aromatic carbocycles. The lowest BCUT2D eigenvalue weighted by Gasteiger charge is -2.39. The molecule has 0 bridgehead atoms. The van der Waals surface area contributed by atoms with Crippen LogP contribution in [0.3, 0.4) is 0 Å². The maximum Gasteiger partial charge on any atom is 0.225 e. The third kappa shape index (κ3) is 3.70. The summed E-state index contributed by atoms with van der Waals surface area (Å²) in [5.41, 5.74) is 0. The lowest BCUT2D eigenvalue weighted by Crippen LogP contribution is -2.51. The Bertz CT molecular complexity index is 242. The zero-order valence-electron chi connectivity index (χ0n) is 11.8. The van der Waals surface area contributed by atoms with Crippen molar-refractivity contribution in [3.05, 3.63) is 0 Å². The SMILES string of the molecule is CCNC1CCN(C(=O)C(C)CC)CC1CC. The van der Waals surface area contributed by atoms with Crippen LogP contribution in [0.5, 0.6) is 0 Å². The van der Waals surface area contributed by atoms with E-state index in [2.05, 4.69) is 31.0 Å². The third-order valence-electron chi connectivity index (χ3n) is 4.07. The molecule has 1 fully saturated rings. The first kappa shape index (κ1) is 14.5. The van der Waals surface area contributed by atoms with Gasteiger partial charge in [-0.25, -0.2) is 0 Å². The van der Waals surface area contributed by atoms with Gasteiger partial charge in [0.2, 0.25) is 5.91 Å². The molecule has 0 spiro atoms. The standard InChI is InChI=1S/C14H28N2O/c1-5-11(4)14(17)16-9-8-13(15-7-3)12(6-2)10-16/h11-13,15H,5-10H2,1-4H3. The van der Waals surface area contributed by atoms with Crippen LogP contribution in [0.15, 0.2) is 0 Å². The van der Waals surface area contributed by atoms with Crippen molar-refractivity contribution in [1.82, 2.24) is 10.2 Å². The first-order valence-corrected chi connectivity index (χ1v) is 7.16. The van der Waals surface area contributed by atoms with Crippen LogP contribution in [0.25, 0.3) is 0 Å². The Balaban J connectivity index is 2.55. The number of likely N-dealkylation sites (tertiary alicyclic amines) is 1. The first-order chi connectivity index (χ1) is 8.13. The smallest absolute Gasteiger partial charge is 0.225 e. The third-order valence-corrected chi connectivity index (χ3v) is 4.07. The molecule has 3 atom stereocenters. The highest BCUT2D eigenvalue weighted by atomic mass is 16.2. The number of piperidine rings is 1. The van der Waals surface area contributed by atoms with E-state index < -0.39 is 0 Å². The number of rotatable bonds is 5. The molecule has 0 aliphatic carbocycles. The molecule has 3 nitrogen and oxygen atoms in total. The molecule has 17 heavy (non-hydrogen) atoms. The number of nitrogens with zero attached hydrogens (tertiary/aromatic N) is 1. The molecule has 3 heteroatoms. The van der Waals surface area contributed by atoms with E-state index in [-0.39, 0.29) is 5.92 Å². The van der Waals surface area contributed by atoms with Gasteiger partial charge in [-0.15, -0.1) is 0 Å². The van der Waals surface area contributed by atoms with Crippen molar-refractivity contribution < 1.29 is 4.79 Å². The second-order valence-electron chi connectivity index (χ2n) is 5.21. The minimum atomic E-state index is 0.184. The number of hydrogen-bond acceptors (Lipinski definition) is 2. The zero-order chi connectivity index (χ0) is 12.8. The molecule has 1 amide bonds. The molecule has 100 valence electrons. The molecule has 1 aliphatic rings. The van der Waals surface area contributed by atoms with Gasteiger partial charge in [0.05, 0.1) is 0 Å². The fraction of sp³-hybridized carbons (Fsp3) is 0.929. The molecule has 3 unspecified atom stereocenters. The number of amides is 1. The summed E-state index contributed by atoms with van der Waals surface area (Å²) in [6, 6.07) is 0.603. The van der Waals surface area contributed by atoms with Crippen LogP contribution in [-0.2, 0) is 4.79 Å². The molecule has 1 N–H and O–H groups in total. The number of carbonyl (C=O) groups excluding carboxylic acids is 1. The quantitative estimate of drug-likeness (QED) is 0.799. The van der Waals surface area contributed by atoms with Gasteiger partial charge in [-0.2, -0.15) is 0 Å². The number of nitrogens with one attached hydrogen (secondary N) is 1. The van der Waals surface area contributed by atoms with Crippen molar-refractivity contribution in [2.45, 2.75) is 53.0 Å². The fourth-order valence-electron chi connectivity index (χ4n) is 2.66. The first-order valence-electron chi connectivity index (χ1n) is 7.16. The summed E-state index contributed by atoms with van der Waals surface area (Å²) in [4.78, 5) is 14.2. The Morgan fingerprint density at radius 2 is 2.12 bits per heavy atom. The average molecular weight is 240 g/mol. The molecular formula is C14H28N2O. The largest absolute Gasteiger partial charge is 0.342 e. The maximum atomic E-state index is 12.2. The highest BCUT2D eigenvalue weighted by Gasteiger charge is 2.30. The van der Waals surface area contributed by atoms with Crippen LogP contribution < -0.4 is 5.32 Å². The Hall–Kier alpha value is -0.570. The molecule has 1 heterocycles. The van der Waals surface area contributed by atoms with E-state index in [1.54, 1.807) is 0 Å². The van der Waals surface area contributed by atoms with Crippen molar-refractivity contribution in [3.8, 4) is 0 Å². The summed E-state index contributed by atoms with van der Waals surface area (Å²) < 4.78 is 0. The molecule has 0 aromatic heterocycles. The van der Waals surface area contributed by atoms with Crippen LogP contribution in [0, 0.1) is 11.8 Å².